The van der Waals surface area contributed by atoms with Gasteiger partial charge >= 0.3 is 0 Å². The fourth-order valence-corrected chi connectivity index (χ4v) is 1.88. The second-order valence-electron chi connectivity index (χ2n) is 4.32. The maximum Gasteiger partial charge on any atom is 0.292 e. The number of carbonyl (C=O) groups is 1. The van der Waals surface area contributed by atoms with E-state index in [1.54, 1.807) is 0 Å². The molecule has 0 aliphatic carbocycles. The highest BCUT2D eigenvalue weighted by molar-refractivity contribution is 5.91. The summed E-state index contributed by atoms with van der Waals surface area (Å²) in [6, 6.07) is 3.28. The summed E-state index contributed by atoms with van der Waals surface area (Å²) in [7, 11) is 0. The number of nitro groups is 1. The van der Waals surface area contributed by atoms with Crippen molar-refractivity contribution in [2.45, 2.75) is 6.92 Å². The Morgan fingerprint density at radius 2 is 1.73 bits per heavy atom. The Labute approximate surface area is 122 Å². The summed E-state index contributed by atoms with van der Waals surface area (Å²) in [5.74, 6) is -4.18. The van der Waals surface area contributed by atoms with Gasteiger partial charge in [0.1, 0.15) is 5.69 Å². The number of hydrogen-bond acceptors (Lipinski definition) is 7. The number of anilines is 1. The maximum atomic E-state index is 11.1. The van der Waals surface area contributed by atoms with Gasteiger partial charge in [0.25, 0.3) is 5.69 Å². The Hall–Kier alpha value is -3.43. The molecule has 1 amide bonds. The predicted molar refractivity (Wildman–Crippen MR) is 73.4 cm³/mol. The molecule has 2 aromatic rings. The number of carbonyl (C=O) groups excluding carboxylic acids is 1. The van der Waals surface area contributed by atoms with Crippen molar-refractivity contribution in [3.05, 3.63) is 28.3 Å². The molecule has 1 aromatic carbocycles. The van der Waals surface area contributed by atoms with Crippen molar-refractivity contribution < 1.29 is 30.1 Å². The van der Waals surface area contributed by atoms with Crippen molar-refractivity contribution in [3.8, 4) is 28.9 Å². The van der Waals surface area contributed by atoms with E-state index >= 15 is 0 Å². The van der Waals surface area contributed by atoms with E-state index in [-0.39, 0.29) is 11.4 Å². The molecule has 116 valence electrons. The van der Waals surface area contributed by atoms with E-state index in [4.69, 9.17) is 0 Å². The number of hydrogen-bond donors (Lipinski definition) is 5. The topological polar surface area (TPSA) is 158 Å². The van der Waals surface area contributed by atoms with Gasteiger partial charge in [0.15, 0.2) is 0 Å². The zero-order valence-electron chi connectivity index (χ0n) is 11.1. The first kappa shape index (κ1) is 15.0. The van der Waals surface area contributed by atoms with Gasteiger partial charge in [-0.05, 0) is 12.1 Å². The molecule has 0 spiro atoms. The SMILES string of the molecule is CC(=O)Nc1cc(-n2c(O)c(O)c(O)c2O)ccc1[N+](=O)[O-]. The van der Waals surface area contributed by atoms with E-state index < -0.39 is 39.8 Å². The monoisotopic (exact) mass is 309 g/mol. The summed E-state index contributed by atoms with van der Waals surface area (Å²) in [6.45, 7) is 1.15. The number of aromatic nitrogens is 1. The number of rotatable bonds is 3. The second kappa shape index (κ2) is 5.16. The molecule has 10 heteroatoms. The van der Waals surface area contributed by atoms with E-state index in [9.17, 15) is 35.3 Å². The predicted octanol–water partition coefficient (Wildman–Crippen LogP) is 1.17. The summed E-state index contributed by atoms with van der Waals surface area (Å²) >= 11 is 0. The van der Waals surface area contributed by atoms with Gasteiger partial charge in [0.2, 0.25) is 29.2 Å². The largest absolute Gasteiger partial charge is 0.500 e. The Balaban J connectivity index is 2.66. The minimum Gasteiger partial charge on any atom is -0.500 e. The molecule has 5 N–H and O–H groups in total. The van der Waals surface area contributed by atoms with Gasteiger partial charge in [-0.15, -0.1) is 0 Å². The van der Waals surface area contributed by atoms with E-state index in [1.807, 2.05) is 0 Å². The van der Waals surface area contributed by atoms with Crippen LogP contribution in [0.15, 0.2) is 18.2 Å². The summed E-state index contributed by atoms with van der Waals surface area (Å²) < 4.78 is 0.652. The van der Waals surface area contributed by atoms with Crippen LogP contribution in [0.4, 0.5) is 11.4 Å². The third-order valence-electron chi connectivity index (χ3n) is 2.82. The van der Waals surface area contributed by atoms with Crippen molar-refractivity contribution in [1.82, 2.24) is 4.57 Å². The molecule has 0 aliphatic rings. The number of amides is 1. The molecule has 0 unspecified atom stereocenters. The third-order valence-corrected chi connectivity index (χ3v) is 2.82. The fourth-order valence-electron chi connectivity index (χ4n) is 1.88. The van der Waals surface area contributed by atoms with Crippen LogP contribution in [0.5, 0.6) is 23.3 Å². The number of aromatic hydroxyl groups is 4. The van der Waals surface area contributed by atoms with Crippen LogP contribution in [0.25, 0.3) is 5.69 Å². The van der Waals surface area contributed by atoms with Crippen LogP contribution in [0.2, 0.25) is 0 Å². The fraction of sp³-hybridized carbons (Fsp3) is 0.0833. The van der Waals surface area contributed by atoms with Gasteiger partial charge in [-0.1, -0.05) is 0 Å². The van der Waals surface area contributed by atoms with Crippen LogP contribution < -0.4 is 5.32 Å². The third kappa shape index (κ3) is 2.32. The first-order chi connectivity index (χ1) is 10.2. The standard InChI is InChI=1S/C12H11N3O7/c1-5(16)13-7-4-6(2-3-8(7)15(21)22)14-11(19)9(17)10(18)12(14)20/h2-4,17-20H,1H3,(H,13,16). The Kier molecular flexibility index (Phi) is 3.51. The molecule has 22 heavy (non-hydrogen) atoms. The maximum absolute atomic E-state index is 11.1. The highest BCUT2D eigenvalue weighted by Crippen LogP contribution is 2.47. The molecule has 1 aromatic heterocycles. The van der Waals surface area contributed by atoms with Gasteiger partial charge < -0.3 is 25.7 Å². The first-order valence-electron chi connectivity index (χ1n) is 5.85. The Morgan fingerprint density at radius 1 is 1.18 bits per heavy atom. The van der Waals surface area contributed by atoms with Gasteiger partial charge in [-0.3, -0.25) is 14.9 Å². The molecule has 0 bridgehead atoms. The molecule has 0 fully saturated rings. The number of nitrogens with zero attached hydrogens (tertiary/aromatic N) is 2. The molecular weight excluding hydrogens is 298 g/mol. The molecule has 2 rings (SSSR count). The average molecular weight is 309 g/mol. The summed E-state index contributed by atoms with van der Waals surface area (Å²) in [6.07, 6.45) is 0. The Bertz CT molecular complexity index is 756. The van der Waals surface area contributed by atoms with Crippen LogP contribution >= 0.6 is 0 Å². The minimum absolute atomic E-state index is 0.0278. The zero-order chi connectivity index (χ0) is 16.6. The van der Waals surface area contributed by atoms with Crippen molar-refractivity contribution in [3.63, 3.8) is 0 Å². The van der Waals surface area contributed by atoms with Crippen LogP contribution in [0.1, 0.15) is 6.92 Å². The molecule has 0 saturated carbocycles. The number of nitro benzene ring substituents is 1. The number of benzene rings is 1. The van der Waals surface area contributed by atoms with E-state index in [2.05, 4.69) is 5.32 Å². The average Bonchev–Trinajstić information content (AvgIpc) is 2.62. The lowest BCUT2D eigenvalue weighted by atomic mass is 10.2. The van der Waals surface area contributed by atoms with Crippen molar-refractivity contribution in [2.75, 3.05) is 5.32 Å². The lowest BCUT2D eigenvalue weighted by Crippen LogP contribution is -2.08. The first-order valence-corrected chi connectivity index (χ1v) is 5.85. The molecular formula is C12H11N3O7. The molecule has 0 saturated heterocycles. The van der Waals surface area contributed by atoms with Crippen molar-refractivity contribution in [2.24, 2.45) is 0 Å². The smallest absolute Gasteiger partial charge is 0.292 e. The molecule has 0 radical (unpaired) electrons. The quantitative estimate of drug-likeness (QED) is 0.420. The van der Waals surface area contributed by atoms with E-state index in [1.165, 1.54) is 0 Å². The molecule has 10 nitrogen and oxygen atoms in total. The van der Waals surface area contributed by atoms with Crippen molar-refractivity contribution >= 4 is 17.3 Å². The normalized spacial score (nSPS) is 10.4. The van der Waals surface area contributed by atoms with Gasteiger partial charge in [0.05, 0.1) is 10.6 Å². The van der Waals surface area contributed by atoms with Gasteiger partial charge in [0, 0.05) is 13.0 Å². The minimum atomic E-state index is -0.947. The van der Waals surface area contributed by atoms with E-state index in [0.717, 1.165) is 25.1 Å². The van der Waals surface area contributed by atoms with Crippen LogP contribution in [-0.2, 0) is 4.79 Å². The van der Waals surface area contributed by atoms with Gasteiger partial charge in [-0.25, -0.2) is 4.57 Å². The lowest BCUT2D eigenvalue weighted by Gasteiger charge is -2.09. The zero-order valence-corrected chi connectivity index (χ0v) is 11.1. The molecule has 1 heterocycles. The second-order valence-corrected chi connectivity index (χ2v) is 4.32. The van der Waals surface area contributed by atoms with E-state index in [0.29, 0.717) is 4.57 Å². The summed E-state index contributed by atoms with van der Waals surface area (Å²) in [5.41, 5.74) is -0.611. The Morgan fingerprint density at radius 3 is 2.18 bits per heavy atom. The highest BCUT2D eigenvalue weighted by atomic mass is 16.6. The van der Waals surface area contributed by atoms with Crippen molar-refractivity contribution in [1.29, 1.82) is 0 Å². The highest BCUT2D eigenvalue weighted by Gasteiger charge is 2.24. The summed E-state index contributed by atoms with van der Waals surface area (Å²) in [4.78, 5) is 21.3. The molecule has 0 aliphatic heterocycles. The number of nitrogens with one attached hydrogen (secondary N) is 1. The summed E-state index contributed by atoms with van der Waals surface area (Å²) in [5, 5.41) is 51.2. The lowest BCUT2D eigenvalue weighted by molar-refractivity contribution is -0.383. The van der Waals surface area contributed by atoms with Crippen LogP contribution in [0, 0.1) is 10.1 Å². The molecule has 0 atom stereocenters. The van der Waals surface area contributed by atoms with Crippen LogP contribution in [-0.4, -0.2) is 35.8 Å². The van der Waals surface area contributed by atoms with Crippen LogP contribution in [0.3, 0.4) is 0 Å². The van der Waals surface area contributed by atoms with Gasteiger partial charge in [-0.2, -0.15) is 0 Å².